The zero-order valence-electron chi connectivity index (χ0n) is 12.1. The number of aliphatic carboxylic acids is 1. The van der Waals surface area contributed by atoms with Crippen LogP contribution in [-0.4, -0.2) is 41.5 Å². The molecule has 0 saturated carbocycles. The van der Waals surface area contributed by atoms with Crippen molar-refractivity contribution in [1.82, 2.24) is 10.2 Å². The lowest BCUT2D eigenvalue weighted by molar-refractivity contribution is -0.153. The van der Waals surface area contributed by atoms with Crippen LogP contribution in [0.25, 0.3) is 0 Å². The van der Waals surface area contributed by atoms with Gasteiger partial charge in [0.15, 0.2) is 6.04 Å². The number of amides is 1. The molecule has 1 aromatic rings. The summed E-state index contributed by atoms with van der Waals surface area (Å²) in [5.74, 6) is -0.843. The highest BCUT2D eigenvalue weighted by Gasteiger charge is 2.40. The minimum absolute atomic E-state index is 0.0330. The maximum atomic E-state index is 12.8. The maximum absolute atomic E-state index is 12.8. The predicted octanol–water partition coefficient (Wildman–Crippen LogP) is 1.05. The molecule has 1 fully saturated rings. The van der Waals surface area contributed by atoms with E-state index in [0.717, 1.165) is 24.1 Å². The summed E-state index contributed by atoms with van der Waals surface area (Å²) in [4.78, 5) is 26.0. The zero-order chi connectivity index (χ0) is 15.0. The normalized spacial score (nSPS) is 28.2. The lowest BCUT2D eigenvalue weighted by Crippen LogP contribution is -2.47. The second kappa shape index (κ2) is 5.48. The van der Waals surface area contributed by atoms with Crippen molar-refractivity contribution >= 4 is 11.9 Å². The van der Waals surface area contributed by atoms with Crippen LogP contribution in [0.2, 0.25) is 0 Å². The fourth-order valence-electron chi connectivity index (χ4n) is 3.42. The second-order valence-electron chi connectivity index (χ2n) is 5.96. The molecule has 0 bridgehead atoms. The highest BCUT2D eigenvalue weighted by atomic mass is 16.4. The predicted molar refractivity (Wildman–Crippen MR) is 77.8 cm³/mol. The summed E-state index contributed by atoms with van der Waals surface area (Å²) in [6.45, 7) is 3.98. The molecule has 5 heteroatoms. The van der Waals surface area contributed by atoms with Crippen molar-refractivity contribution in [3.63, 3.8) is 0 Å². The van der Waals surface area contributed by atoms with E-state index < -0.39 is 12.0 Å². The van der Waals surface area contributed by atoms with Crippen LogP contribution in [-0.2, 0) is 16.0 Å². The van der Waals surface area contributed by atoms with Crippen LogP contribution in [0.3, 0.4) is 0 Å². The van der Waals surface area contributed by atoms with Gasteiger partial charge in [0.25, 0.3) is 0 Å². The van der Waals surface area contributed by atoms with Gasteiger partial charge in [-0.1, -0.05) is 31.2 Å². The molecule has 0 aliphatic carbocycles. The maximum Gasteiger partial charge on any atom is 0.331 e. The minimum atomic E-state index is -0.950. The summed E-state index contributed by atoms with van der Waals surface area (Å²) in [5, 5.41) is 12.8. The Hall–Kier alpha value is -1.88. The van der Waals surface area contributed by atoms with Gasteiger partial charge < -0.3 is 15.3 Å². The van der Waals surface area contributed by atoms with Crippen molar-refractivity contribution in [3.8, 4) is 0 Å². The van der Waals surface area contributed by atoms with E-state index in [4.69, 9.17) is 0 Å². The highest BCUT2D eigenvalue weighted by molar-refractivity contribution is 5.87. The van der Waals surface area contributed by atoms with E-state index in [1.165, 1.54) is 0 Å². The zero-order valence-corrected chi connectivity index (χ0v) is 12.1. The van der Waals surface area contributed by atoms with Crippen LogP contribution in [0.1, 0.15) is 24.1 Å². The monoisotopic (exact) mass is 288 g/mol. The van der Waals surface area contributed by atoms with Crippen LogP contribution in [0.5, 0.6) is 0 Å². The van der Waals surface area contributed by atoms with Gasteiger partial charge in [0.2, 0.25) is 5.91 Å². The average Bonchev–Trinajstić information content (AvgIpc) is 2.91. The van der Waals surface area contributed by atoms with Crippen molar-refractivity contribution in [2.75, 3.05) is 19.6 Å². The Morgan fingerprint density at radius 3 is 2.71 bits per heavy atom. The summed E-state index contributed by atoms with van der Waals surface area (Å²) < 4.78 is 0. The van der Waals surface area contributed by atoms with Crippen LogP contribution < -0.4 is 5.32 Å². The fourth-order valence-corrected chi connectivity index (χ4v) is 3.42. The van der Waals surface area contributed by atoms with Crippen LogP contribution >= 0.6 is 0 Å². The van der Waals surface area contributed by atoms with Gasteiger partial charge in [-0.05, 0) is 30.0 Å². The largest absolute Gasteiger partial charge is 0.479 e. The van der Waals surface area contributed by atoms with E-state index in [2.05, 4.69) is 5.32 Å². The molecule has 0 radical (unpaired) electrons. The number of nitrogens with zero attached hydrogens (tertiary/aromatic N) is 1. The Kier molecular flexibility index (Phi) is 3.68. The average molecular weight is 288 g/mol. The molecule has 112 valence electrons. The molecular formula is C16H20N2O3. The standard InChI is InChI=1S/C16H20N2O3/c1-10-8-17-9-13(10)15(19)18-7-6-11-4-2-3-5-12(11)14(18)16(20)21/h2-5,10,13-14,17H,6-9H2,1H3,(H,20,21)/t10-,13-,14?/m1/s1. The van der Waals surface area contributed by atoms with Crippen molar-refractivity contribution in [3.05, 3.63) is 35.4 Å². The smallest absolute Gasteiger partial charge is 0.331 e. The van der Waals surface area contributed by atoms with Crippen molar-refractivity contribution in [2.24, 2.45) is 11.8 Å². The highest BCUT2D eigenvalue weighted by Crippen LogP contribution is 2.32. The van der Waals surface area contributed by atoms with Crippen LogP contribution in [0.15, 0.2) is 24.3 Å². The minimum Gasteiger partial charge on any atom is -0.479 e. The first-order chi connectivity index (χ1) is 10.1. The molecule has 1 aromatic carbocycles. The van der Waals surface area contributed by atoms with Gasteiger partial charge in [-0.2, -0.15) is 0 Å². The van der Waals surface area contributed by atoms with E-state index in [-0.39, 0.29) is 17.7 Å². The molecule has 2 N–H and O–H groups in total. The molecule has 2 aliphatic rings. The Bertz CT molecular complexity index is 572. The molecule has 3 atom stereocenters. The third kappa shape index (κ3) is 2.42. The number of rotatable bonds is 2. The van der Waals surface area contributed by atoms with Gasteiger partial charge >= 0.3 is 5.97 Å². The van der Waals surface area contributed by atoms with Crippen molar-refractivity contribution in [2.45, 2.75) is 19.4 Å². The summed E-state index contributed by atoms with van der Waals surface area (Å²) in [7, 11) is 0. The summed E-state index contributed by atoms with van der Waals surface area (Å²) in [6.07, 6.45) is 0.722. The number of benzene rings is 1. The Labute approximate surface area is 123 Å². The molecule has 5 nitrogen and oxygen atoms in total. The number of carboxylic acids is 1. The van der Waals surface area contributed by atoms with Gasteiger partial charge in [0.1, 0.15) is 0 Å². The van der Waals surface area contributed by atoms with Crippen molar-refractivity contribution in [1.29, 1.82) is 0 Å². The molecule has 0 aromatic heterocycles. The molecule has 2 aliphatic heterocycles. The number of hydrogen-bond donors (Lipinski definition) is 2. The fraction of sp³-hybridized carbons (Fsp3) is 0.500. The number of carbonyl (C=O) groups excluding carboxylic acids is 1. The van der Waals surface area contributed by atoms with E-state index in [0.29, 0.717) is 13.1 Å². The van der Waals surface area contributed by atoms with Crippen molar-refractivity contribution < 1.29 is 14.7 Å². The van der Waals surface area contributed by atoms with Crippen LogP contribution in [0, 0.1) is 11.8 Å². The SMILES string of the molecule is C[C@@H]1CNC[C@H]1C(=O)N1CCc2ccccc2C1C(=O)O. The van der Waals surface area contributed by atoms with E-state index in [1.807, 2.05) is 31.2 Å². The first-order valence-corrected chi connectivity index (χ1v) is 7.41. The van der Waals surface area contributed by atoms with Gasteiger partial charge in [0, 0.05) is 13.1 Å². The molecule has 1 unspecified atom stereocenters. The number of nitrogens with one attached hydrogen (secondary N) is 1. The van der Waals surface area contributed by atoms with Gasteiger partial charge in [-0.25, -0.2) is 4.79 Å². The molecule has 21 heavy (non-hydrogen) atoms. The van der Waals surface area contributed by atoms with Gasteiger partial charge in [0.05, 0.1) is 5.92 Å². The number of carbonyl (C=O) groups is 2. The summed E-state index contributed by atoms with van der Waals surface area (Å²) in [5.41, 5.74) is 1.79. The first-order valence-electron chi connectivity index (χ1n) is 7.41. The Balaban J connectivity index is 1.92. The molecular weight excluding hydrogens is 268 g/mol. The van der Waals surface area contributed by atoms with E-state index >= 15 is 0 Å². The Morgan fingerprint density at radius 1 is 1.29 bits per heavy atom. The van der Waals surface area contributed by atoms with E-state index in [9.17, 15) is 14.7 Å². The lowest BCUT2D eigenvalue weighted by Gasteiger charge is -2.36. The Morgan fingerprint density at radius 2 is 2.05 bits per heavy atom. The molecule has 1 amide bonds. The lowest BCUT2D eigenvalue weighted by atomic mass is 9.89. The number of carboxylic acid groups (broad SMARTS) is 1. The number of fused-ring (bicyclic) bond motifs is 1. The van der Waals surface area contributed by atoms with Gasteiger partial charge in [-0.15, -0.1) is 0 Å². The third-order valence-electron chi connectivity index (χ3n) is 4.64. The number of hydrogen-bond acceptors (Lipinski definition) is 3. The second-order valence-corrected chi connectivity index (χ2v) is 5.96. The summed E-state index contributed by atoms with van der Waals surface area (Å²) in [6, 6.07) is 6.67. The molecule has 3 rings (SSSR count). The van der Waals surface area contributed by atoms with Crippen LogP contribution in [0.4, 0.5) is 0 Å². The van der Waals surface area contributed by atoms with E-state index in [1.54, 1.807) is 4.90 Å². The quantitative estimate of drug-likeness (QED) is 0.853. The first kappa shape index (κ1) is 14.1. The topological polar surface area (TPSA) is 69.6 Å². The molecule has 0 spiro atoms. The molecule has 1 saturated heterocycles. The molecule has 2 heterocycles. The van der Waals surface area contributed by atoms with Gasteiger partial charge in [-0.3, -0.25) is 4.79 Å². The summed E-state index contributed by atoms with van der Waals surface area (Å²) >= 11 is 0. The third-order valence-corrected chi connectivity index (χ3v) is 4.64.